The fourth-order valence-electron chi connectivity index (χ4n) is 1.68. The molecule has 0 atom stereocenters. The van der Waals surface area contributed by atoms with E-state index in [0.717, 1.165) is 0 Å². The molecule has 0 fully saturated rings. The molecule has 2 rings (SSSR count). The quantitative estimate of drug-likeness (QED) is 0.486. The van der Waals surface area contributed by atoms with Gasteiger partial charge in [-0.3, -0.25) is 4.79 Å². The van der Waals surface area contributed by atoms with Crippen LogP contribution in [0.4, 0.5) is 22.0 Å². The van der Waals surface area contributed by atoms with E-state index in [4.69, 9.17) is 0 Å². The molecule has 0 unspecified atom stereocenters. The van der Waals surface area contributed by atoms with Crippen molar-refractivity contribution in [2.24, 2.45) is 0 Å². The van der Waals surface area contributed by atoms with Gasteiger partial charge in [0.2, 0.25) is 5.82 Å². The number of amides is 1. The minimum absolute atomic E-state index is 0.173. The van der Waals surface area contributed by atoms with Crippen LogP contribution in [0.2, 0.25) is 0 Å². The van der Waals surface area contributed by atoms with Crippen LogP contribution in [-0.4, -0.2) is 5.91 Å². The smallest absolute Gasteiger partial charge is 0.251 e. The lowest BCUT2D eigenvalue weighted by Crippen LogP contribution is -2.25. The number of nitrogens with one attached hydrogen (secondary N) is 1. The summed E-state index contributed by atoms with van der Waals surface area (Å²) in [4.78, 5) is 11.8. The molecule has 0 aliphatic carbocycles. The van der Waals surface area contributed by atoms with Gasteiger partial charge in [0.25, 0.3) is 5.91 Å². The van der Waals surface area contributed by atoms with Crippen molar-refractivity contribution in [2.75, 3.05) is 0 Å². The van der Waals surface area contributed by atoms with Crippen LogP contribution >= 0.6 is 15.9 Å². The summed E-state index contributed by atoms with van der Waals surface area (Å²) in [7, 11) is 0. The van der Waals surface area contributed by atoms with Crippen molar-refractivity contribution in [3.05, 3.63) is 69.0 Å². The highest BCUT2D eigenvalue weighted by molar-refractivity contribution is 9.10. The van der Waals surface area contributed by atoms with Crippen LogP contribution in [0.25, 0.3) is 0 Å². The van der Waals surface area contributed by atoms with E-state index in [-0.39, 0.29) is 5.56 Å². The molecule has 2 aromatic carbocycles. The maximum absolute atomic E-state index is 13.4. The van der Waals surface area contributed by atoms with Gasteiger partial charge in [0.05, 0.1) is 0 Å². The Morgan fingerprint density at radius 3 is 1.82 bits per heavy atom. The van der Waals surface area contributed by atoms with Crippen LogP contribution in [0.15, 0.2) is 28.7 Å². The summed E-state index contributed by atoms with van der Waals surface area (Å²) in [5, 5.41) is 2.10. The Hall–Kier alpha value is -1.96. The Bertz CT molecular complexity index is 704. The van der Waals surface area contributed by atoms with Crippen molar-refractivity contribution in [1.82, 2.24) is 5.32 Å². The summed E-state index contributed by atoms with van der Waals surface area (Å²) >= 11 is 3.16. The molecule has 0 aromatic heterocycles. The molecule has 2 nitrogen and oxygen atoms in total. The number of carbonyl (C=O) groups excluding carboxylic acids is 1. The fourth-order valence-corrected chi connectivity index (χ4v) is 1.94. The van der Waals surface area contributed by atoms with Crippen LogP contribution in [-0.2, 0) is 6.54 Å². The summed E-state index contributed by atoms with van der Waals surface area (Å²) in [6, 6.07) is 5.98. The summed E-state index contributed by atoms with van der Waals surface area (Å²) in [5.41, 5.74) is -0.922. The molecule has 22 heavy (non-hydrogen) atoms. The predicted molar refractivity (Wildman–Crippen MR) is 71.5 cm³/mol. The van der Waals surface area contributed by atoms with Gasteiger partial charge in [-0.05, 0) is 24.3 Å². The second-order valence-electron chi connectivity index (χ2n) is 4.24. The summed E-state index contributed by atoms with van der Waals surface area (Å²) in [6.07, 6.45) is 0. The molecule has 0 aliphatic rings. The number of hydrogen-bond acceptors (Lipinski definition) is 1. The highest BCUT2D eigenvalue weighted by atomic mass is 79.9. The molecule has 0 saturated heterocycles. The average Bonchev–Trinajstić information content (AvgIpc) is 2.51. The first-order valence-electron chi connectivity index (χ1n) is 5.87. The van der Waals surface area contributed by atoms with E-state index in [1.165, 1.54) is 12.1 Å². The van der Waals surface area contributed by atoms with Crippen LogP contribution in [0.5, 0.6) is 0 Å². The molecule has 1 amide bonds. The lowest BCUT2D eigenvalue weighted by molar-refractivity contribution is 0.0950. The minimum atomic E-state index is -2.24. The maximum Gasteiger partial charge on any atom is 0.251 e. The maximum atomic E-state index is 13.4. The normalized spacial score (nSPS) is 10.6. The van der Waals surface area contributed by atoms with E-state index in [1.54, 1.807) is 12.1 Å². The number of halogens is 6. The van der Waals surface area contributed by atoms with Gasteiger partial charge in [-0.15, -0.1) is 0 Å². The first-order chi connectivity index (χ1) is 10.3. The van der Waals surface area contributed by atoms with Crippen molar-refractivity contribution in [3.63, 3.8) is 0 Å². The van der Waals surface area contributed by atoms with Gasteiger partial charge in [0.15, 0.2) is 23.3 Å². The molecule has 0 spiro atoms. The Morgan fingerprint density at radius 2 is 1.32 bits per heavy atom. The number of benzene rings is 2. The molecule has 8 heteroatoms. The lowest BCUT2D eigenvalue weighted by atomic mass is 10.1. The van der Waals surface area contributed by atoms with Gasteiger partial charge in [-0.2, -0.15) is 0 Å². The molecule has 2 aromatic rings. The summed E-state index contributed by atoms with van der Waals surface area (Å²) < 4.78 is 66.5. The molecule has 0 radical (unpaired) electrons. The lowest BCUT2D eigenvalue weighted by Gasteiger charge is -2.09. The first kappa shape index (κ1) is 16.4. The van der Waals surface area contributed by atoms with Crippen molar-refractivity contribution >= 4 is 21.8 Å². The Balaban J connectivity index is 2.22. The van der Waals surface area contributed by atoms with Crippen molar-refractivity contribution in [1.29, 1.82) is 0 Å². The molecule has 0 aliphatic heterocycles. The molecule has 116 valence electrons. The van der Waals surface area contributed by atoms with E-state index in [0.29, 0.717) is 4.47 Å². The van der Waals surface area contributed by atoms with Gasteiger partial charge in [0, 0.05) is 22.1 Å². The first-order valence-corrected chi connectivity index (χ1v) is 6.66. The zero-order chi connectivity index (χ0) is 16.4. The van der Waals surface area contributed by atoms with Crippen LogP contribution in [0.3, 0.4) is 0 Å². The molecule has 0 saturated carbocycles. The van der Waals surface area contributed by atoms with Crippen LogP contribution < -0.4 is 5.32 Å². The second kappa shape index (κ2) is 6.43. The fraction of sp³-hybridized carbons (Fsp3) is 0.0714. The Morgan fingerprint density at radius 1 is 0.864 bits per heavy atom. The third-order valence-corrected chi connectivity index (χ3v) is 3.36. The number of hydrogen-bond donors (Lipinski definition) is 1. The predicted octanol–water partition coefficient (Wildman–Crippen LogP) is 4.07. The Labute approximate surface area is 130 Å². The zero-order valence-electron chi connectivity index (χ0n) is 10.7. The van der Waals surface area contributed by atoms with Gasteiger partial charge < -0.3 is 5.32 Å². The van der Waals surface area contributed by atoms with Crippen LogP contribution in [0.1, 0.15) is 15.9 Å². The Kier molecular flexibility index (Phi) is 4.80. The average molecular weight is 380 g/mol. The number of carbonyl (C=O) groups is 1. The summed E-state index contributed by atoms with van der Waals surface area (Å²) in [6.45, 7) is -0.833. The van der Waals surface area contributed by atoms with Crippen LogP contribution in [0, 0.1) is 29.1 Å². The monoisotopic (exact) mass is 379 g/mol. The van der Waals surface area contributed by atoms with Crippen molar-refractivity contribution < 1.29 is 26.7 Å². The SMILES string of the molecule is O=C(NCc1c(F)c(F)c(F)c(F)c1F)c1ccc(Br)cc1. The van der Waals surface area contributed by atoms with Gasteiger partial charge in [-0.25, -0.2) is 22.0 Å². The third kappa shape index (κ3) is 3.11. The summed E-state index contributed by atoms with van der Waals surface area (Å²) in [5.74, 6) is -11.0. The second-order valence-corrected chi connectivity index (χ2v) is 5.15. The number of rotatable bonds is 3. The van der Waals surface area contributed by atoms with Crippen molar-refractivity contribution in [2.45, 2.75) is 6.54 Å². The minimum Gasteiger partial charge on any atom is -0.348 e. The van der Waals surface area contributed by atoms with Gasteiger partial charge >= 0.3 is 0 Å². The van der Waals surface area contributed by atoms with Crippen molar-refractivity contribution in [3.8, 4) is 0 Å². The van der Waals surface area contributed by atoms with E-state index < -0.39 is 47.1 Å². The van der Waals surface area contributed by atoms with E-state index >= 15 is 0 Å². The molecule has 0 heterocycles. The van der Waals surface area contributed by atoms with Gasteiger partial charge in [-0.1, -0.05) is 15.9 Å². The van der Waals surface area contributed by atoms with Gasteiger partial charge in [0.1, 0.15) is 0 Å². The molecular formula is C14H7BrF5NO. The topological polar surface area (TPSA) is 29.1 Å². The molecular weight excluding hydrogens is 373 g/mol. The third-order valence-electron chi connectivity index (χ3n) is 2.83. The largest absolute Gasteiger partial charge is 0.348 e. The van der Waals surface area contributed by atoms with E-state index in [9.17, 15) is 26.7 Å². The zero-order valence-corrected chi connectivity index (χ0v) is 12.3. The highest BCUT2D eigenvalue weighted by Gasteiger charge is 2.25. The molecule has 1 N–H and O–H groups in total. The molecule has 0 bridgehead atoms. The standard InChI is InChI=1S/C14H7BrF5NO/c15-7-3-1-6(2-4-7)14(22)21-5-8-9(16)11(18)13(20)12(19)10(8)17/h1-4H,5H2,(H,21,22). The van der Waals surface area contributed by atoms with E-state index in [2.05, 4.69) is 21.2 Å². The van der Waals surface area contributed by atoms with E-state index in [1.807, 2.05) is 0 Å². The highest BCUT2D eigenvalue weighted by Crippen LogP contribution is 2.23.